The van der Waals surface area contributed by atoms with Crippen LogP contribution in [-0.2, 0) is 32.5 Å². The van der Waals surface area contributed by atoms with Crippen LogP contribution in [0.5, 0.6) is 0 Å². The van der Waals surface area contributed by atoms with E-state index < -0.39 is 33.2 Å². The maximum atomic E-state index is 14.1. The third kappa shape index (κ3) is 13.6. The second kappa shape index (κ2) is 23.1. The molecule has 4 rings (SSSR count). The van der Waals surface area contributed by atoms with Crippen molar-refractivity contribution >= 4 is 66.9 Å². The summed E-state index contributed by atoms with van der Waals surface area (Å²) in [6.45, 7) is 9.98. The summed E-state index contributed by atoms with van der Waals surface area (Å²) in [7, 11) is -4.84. The third-order valence-corrected chi connectivity index (χ3v) is 13.6. The van der Waals surface area contributed by atoms with Gasteiger partial charge in [0.05, 0.1) is 13.1 Å². The molecule has 0 saturated heterocycles. The van der Waals surface area contributed by atoms with Crippen molar-refractivity contribution in [3.63, 3.8) is 0 Å². The number of rotatable bonds is 24. The lowest BCUT2D eigenvalue weighted by Gasteiger charge is -2.32. The van der Waals surface area contributed by atoms with Gasteiger partial charge in [0.2, 0.25) is 0 Å². The van der Waals surface area contributed by atoms with E-state index in [0.29, 0.717) is 50.8 Å². The highest BCUT2D eigenvalue weighted by Gasteiger charge is 2.35. The molecule has 10 nitrogen and oxygen atoms in total. The average molecular weight is 837 g/mol. The van der Waals surface area contributed by atoms with Gasteiger partial charge in [-0.3, -0.25) is 19.4 Å². The molecule has 0 aliphatic rings. The predicted octanol–water partition coefficient (Wildman–Crippen LogP) is 5.29. The fraction of sp³-hybridized carbons (Fsp3) is 0.500. The normalized spacial score (nSPS) is 15.5. The van der Waals surface area contributed by atoms with E-state index in [0.717, 1.165) is 45.5 Å². The minimum Gasteiger partial charge on any atom is -0.326 e. The Hall–Kier alpha value is -2.85. The molecule has 4 aromatic rings. The molecule has 57 heavy (non-hydrogen) atoms. The highest BCUT2D eigenvalue weighted by molar-refractivity contribution is 8.18. The molecule has 0 bridgehead atoms. The topological polar surface area (TPSA) is 151 Å². The summed E-state index contributed by atoms with van der Waals surface area (Å²) in [5.74, 6) is 1.40. The fourth-order valence-electron chi connectivity index (χ4n) is 7.13. The van der Waals surface area contributed by atoms with Crippen LogP contribution in [0, 0.1) is 11.8 Å². The zero-order valence-electron chi connectivity index (χ0n) is 34.0. The van der Waals surface area contributed by atoms with E-state index in [1.54, 1.807) is 0 Å². The molecular formula is C44H64N6O4S3. The molecule has 0 fully saturated rings. The van der Waals surface area contributed by atoms with Gasteiger partial charge in [-0.15, -0.1) is 0 Å². The minimum absolute atomic E-state index is 0.0982. The van der Waals surface area contributed by atoms with E-state index in [1.165, 1.54) is 0 Å². The molecule has 0 spiro atoms. The van der Waals surface area contributed by atoms with Crippen molar-refractivity contribution in [2.45, 2.75) is 77.8 Å². The van der Waals surface area contributed by atoms with Gasteiger partial charge >= 0.3 is 0 Å². The maximum Gasteiger partial charge on any atom is 0.276 e. The van der Waals surface area contributed by atoms with Crippen LogP contribution >= 0.6 is 25.3 Å². The quantitative estimate of drug-likeness (QED) is 0.0515. The number of hydrogen-bond donors (Lipinski definition) is 6. The standard InChI is InChI=1S/C44H64N6O4S3/c1-5-31(3)41(47-21-37(45)29-55)25-49(23-35-17-11-15-33-13-7-9-19-39(33)35)27-43(51)57(53,54)44(52)28-50(26-42(32(4)6-2)48-22-38(46)30-56)24-36-18-12-16-34-14-8-10-20-40(34)36/h7-20,31-32,37-38,41-42,47-48,55-56H,5-6,21-30,45-46H2,1-4H3/t31?,32?,37-,38-,41?,42?/m0/s1. The number of sulfone groups is 1. The molecule has 312 valence electrons. The van der Waals surface area contributed by atoms with Gasteiger partial charge in [-0.1, -0.05) is 125 Å². The van der Waals surface area contributed by atoms with E-state index in [2.05, 4.69) is 63.6 Å². The van der Waals surface area contributed by atoms with Gasteiger partial charge in [0.25, 0.3) is 20.1 Å². The van der Waals surface area contributed by atoms with Gasteiger partial charge in [-0.25, -0.2) is 8.42 Å². The Labute approximate surface area is 351 Å². The molecule has 0 radical (unpaired) electrons. The first-order valence-corrected chi connectivity index (χ1v) is 22.9. The summed E-state index contributed by atoms with van der Waals surface area (Å²) >= 11 is 8.70. The Morgan fingerprint density at radius 2 is 1.00 bits per heavy atom. The molecule has 13 heteroatoms. The summed E-state index contributed by atoms with van der Waals surface area (Å²) in [5, 5.41) is 9.03. The van der Waals surface area contributed by atoms with E-state index in [1.807, 2.05) is 94.7 Å². The Bertz CT molecular complexity index is 1850. The first-order valence-electron chi connectivity index (χ1n) is 20.2. The first kappa shape index (κ1) is 46.8. The van der Waals surface area contributed by atoms with E-state index >= 15 is 0 Å². The number of fused-ring (bicyclic) bond motifs is 2. The molecule has 0 heterocycles. The molecular weight excluding hydrogens is 773 g/mol. The predicted molar refractivity (Wildman–Crippen MR) is 244 cm³/mol. The second-order valence-corrected chi connectivity index (χ2v) is 18.2. The maximum absolute atomic E-state index is 14.1. The molecule has 6 N–H and O–H groups in total. The summed E-state index contributed by atoms with van der Waals surface area (Å²) in [6, 6.07) is 27.4. The highest BCUT2D eigenvalue weighted by Crippen LogP contribution is 2.23. The lowest BCUT2D eigenvalue weighted by atomic mass is 9.97. The van der Waals surface area contributed by atoms with Crippen LogP contribution in [-0.4, -0.2) is 103 Å². The lowest BCUT2D eigenvalue weighted by Crippen LogP contribution is -2.51. The number of carbonyl (C=O) groups is 2. The van der Waals surface area contributed by atoms with Crippen molar-refractivity contribution in [1.29, 1.82) is 0 Å². The molecule has 0 amide bonds. The number of hydrogen-bond acceptors (Lipinski definition) is 12. The smallest absolute Gasteiger partial charge is 0.276 e. The molecule has 4 unspecified atom stereocenters. The van der Waals surface area contributed by atoms with Crippen molar-refractivity contribution in [2.75, 3.05) is 50.8 Å². The van der Waals surface area contributed by atoms with Crippen LogP contribution in [0.2, 0.25) is 0 Å². The molecule has 0 saturated carbocycles. The van der Waals surface area contributed by atoms with Crippen molar-refractivity contribution in [2.24, 2.45) is 23.3 Å². The largest absolute Gasteiger partial charge is 0.326 e. The van der Waals surface area contributed by atoms with E-state index in [9.17, 15) is 18.0 Å². The van der Waals surface area contributed by atoms with Crippen molar-refractivity contribution < 1.29 is 18.0 Å². The summed E-state index contributed by atoms with van der Waals surface area (Å²) < 4.78 is 28.1. The number of thiol groups is 2. The van der Waals surface area contributed by atoms with Crippen LogP contribution in [0.15, 0.2) is 84.9 Å². The second-order valence-electron chi connectivity index (χ2n) is 15.5. The Balaban J connectivity index is 1.64. The number of benzene rings is 4. The first-order chi connectivity index (χ1) is 27.3. The van der Waals surface area contributed by atoms with Gasteiger partial charge in [0.15, 0.2) is 0 Å². The molecule has 6 atom stereocenters. The summed E-state index contributed by atoms with van der Waals surface area (Å²) in [6.07, 6.45) is 1.72. The van der Waals surface area contributed by atoms with Crippen LogP contribution < -0.4 is 22.1 Å². The average Bonchev–Trinajstić information content (AvgIpc) is 3.22. The van der Waals surface area contributed by atoms with E-state index in [-0.39, 0.29) is 36.0 Å². The van der Waals surface area contributed by atoms with Crippen molar-refractivity contribution in [3.8, 4) is 0 Å². The van der Waals surface area contributed by atoms with Gasteiger partial charge in [-0.05, 0) is 44.5 Å². The third-order valence-electron chi connectivity index (χ3n) is 11.2. The number of nitrogens with two attached hydrogens (primary N) is 2. The zero-order valence-corrected chi connectivity index (χ0v) is 36.6. The van der Waals surface area contributed by atoms with Gasteiger partial charge in [0.1, 0.15) is 0 Å². The molecule has 0 aliphatic carbocycles. The monoisotopic (exact) mass is 836 g/mol. The minimum atomic E-state index is -4.84. The van der Waals surface area contributed by atoms with Gasteiger partial charge < -0.3 is 22.1 Å². The molecule has 0 aromatic heterocycles. The van der Waals surface area contributed by atoms with Crippen molar-refractivity contribution in [1.82, 2.24) is 20.4 Å². The van der Waals surface area contributed by atoms with E-state index in [4.69, 9.17) is 11.5 Å². The fourth-order valence-corrected chi connectivity index (χ4v) is 8.34. The van der Waals surface area contributed by atoms with Gasteiger partial charge in [0, 0.05) is 74.9 Å². The summed E-state index contributed by atoms with van der Waals surface area (Å²) in [4.78, 5) is 31.8. The zero-order chi connectivity index (χ0) is 41.5. The lowest BCUT2D eigenvalue weighted by molar-refractivity contribution is -0.116. The number of carbonyl (C=O) groups excluding carboxylic acids is 2. The SMILES string of the molecule is CCC(C)C(CN(CC(=O)S(=O)(=O)C(=O)CN(Cc1cccc2ccccc12)CC(NC[C@H](N)CS)C(C)CC)Cc1cccc2ccccc12)NC[C@H](N)CS. The van der Waals surface area contributed by atoms with Crippen molar-refractivity contribution in [3.05, 3.63) is 96.1 Å². The Morgan fingerprint density at radius 1 is 0.632 bits per heavy atom. The number of nitrogens with zero attached hydrogens (tertiary/aromatic N) is 2. The molecule has 0 aliphatic heterocycles. The van der Waals surface area contributed by atoms with Crippen LogP contribution in [0.3, 0.4) is 0 Å². The van der Waals surface area contributed by atoms with Gasteiger partial charge in [-0.2, -0.15) is 25.3 Å². The molecule has 4 aromatic carbocycles. The Kier molecular flexibility index (Phi) is 19.0. The van der Waals surface area contributed by atoms with Crippen LogP contribution in [0.25, 0.3) is 21.5 Å². The van der Waals surface area contributed by atoms with Crippen LogP contribution in [0.4, 0.5) is 0 Å². The van der Waals surface area contributed by atoms with Crippen LogP contribution in [0.1, 0.15) is 51.7 Å². The number of nitrogens with one attached hydrogen (secondary N) is 2. The summed E-state index contributed by atoms with van der Waals surface area (Å²) in [5.41, 5.74) is 14.4. The highest BCUT2D eigenvalue weighted by atomic mass is 32.2. The Morgan fingerprint density at radius 3 is 1.37 bits per heavy atom.